The van der Waals surface area contributed by atoms with Crippen molar-refractivity contribution >= 4 is 11.0 Å². The van der Waals surface area contributed by atoms with Gasteiger partial charge in [0.1, 0.15) is 5.82 Å². The minimum Gasteiger partial charge on any atom is -0.381 e. The smallest absolute Gasteiger partial charge is 0.123 e. The number of nitrogens with one attached hydrogen (secondary N) is 1. The summed E-state index contributed by atoms with van der Waals surface area (Å²) in [6.07, 6.45) is 3.91. The van der Waals surface area contributed by atoms with Gasteiger partial charge in [-0.1, -0.05) is 12.1 Å². The molecule has 1 aromatic heterocycles. The van der Waals surface area contributed by atoms with Crippen molar-refractivity contribution in [1.82, 2.24) is 14.9 Å². The molecule has 3 rings (SSSR count). The number of fused-ring (bicyclic) bond motifs is 1. The fraction of sp³-hybridized carbons (Fsp3) is 0.562. The van der Waals surface area contributed by atoms with Crippen LogP contribution in [-0.2, 0) is 17.8 Å². The second-order valence-corrected chi connectivity index (χ2v) is 5.51. The minimum atomic E-state index is 0.428. The summed E-state index contributed by atoms with van der Waals surface area (Å²) < 4.78 is 7.72. The van der Waals surface area contributed by atoms with E-state index in [2.05, 4.69) is 35.0 Å². The van der Waals surface area contributed by atoms with Crippen molar-refractivity contribution in [2.24, 2.45) is 0 Å². The molecule has 108 valence electrons. The van der Waals surface area contributed by atoms with Crippen molar-refractivity contribution in [3.05, 3.63) is 30.1 Å². The Labute approximate surface area is 120 Å². The molecule has 0 spiro atoms. The second-order valence-electron chi connectivity index (χ2n) is 5.51. The van der Waals surface area contributed by atoms with E-state index in [1.165, 1.54) is 18.4 Å². The summed E-state index contributed by atoms with van der Waals surface area (Å²) in [5, 5.41) is 3.63. The van der Waals surface area contributed by atoms with Crippen LogP contribution in [0.4, 0.5) is 0 Å². The Bertz CT molecular complexity index is 578. The highest BCUT2D eigenvalue weighted by Gasteiger charge is 2.24. The lowest BCUT2D eigenvalue weighted by atomic mass is 10.2. The molecule has 1 fully saturated rings. The monoisotopic (exact) mass is 273 g/mol. The molecule has 1 aromatic carbocycles. The zero-order valence-electron chi connectivity index (χ0n) is 12.3. The zero-order valence-corrected chi connectivity index (χ0v) is 12.3. The van der Waals surface area contributed by atoms with E-state index in [0.29, 0.717) is 12.1 Å². The van der Waals surface area contributed by atoms with Gasteiger partial charge < -0.3 is 14.6 Å². The quantitative estimate of drug-likeness (QED) is 0.910. The normalized spacial score (nSPS) is 22.7. The Kier molecular flexibility index (Phi) is 4.03. The van der Waals surface area contributed by atoms with Gasteiger partial charge in [0.05, 0.1) is 23.7 Å². The Morgan fingerprint density at radius 1 is 1.35 bits per heavy atom. The maximum atomic E-state index is 5.43. The molecule has 2 unspecified atom stereocenters. The van der Waals surface area contributed by atoms with Crippen LogP contribution < -0.4 is 5.32 Å². The Morgan fingerprint density at radius 2 is 2.20 bits per heavy atom. The molecule has 0 saturated heterocycles. The van der Waals surface area contributed by atoms with Crippen molar-refractivity contribution in [3.8, 4) is 0 Å². The van der Waals surface area contributed by atoms with Gasteiger partial charge in [-0.2, -0.15) is 0 Å². The van der Waals surface area contributed by atoms with E-state index in [0.717, 1.165) is 30.9 Å². The standard InChI is InChI=1S/C16H23N3O/c1-3-19-15-7-5-4-6-14(15)18-16(19)11-17-12-8-9-13(10-12)20-2/h4-7,12-13,17H,3,8-11H2,1-2H3. The maximum absolute atomic E-state index is 5.43. The first-order valence-corrected chi connectivity index (χ1v) is 7.52. The van der Waals surface area contributed by atoms with Crippen molar-refractivity contribution in [3.63, 3.8) is 0 Å². The number of methoxy groups -OCH3 is 1. The van der Waals surface area contributed by atoms with Crippen LogP contribution in [0.1, 0.15) is 32.0 Å². The fourth-order valence-corrected chi connectivity index (χ4v) is 3.19. The molecule has 0 radical (unpaired) electrons. The van der Waals surface area contributed by atoms with E-state index < -0.39 is 0 Å². The molecule has 1 saturated carbocycles. The predicted molar refractivity (Wildman–Crippen MR) is 80.7 cm³/mol. The topological polar surface area (TPSA) is 39.1 Å². The van der Waals surface area contributed by atoms with Crippen LogP contribution in [0.5, 0.6) is 0 Å². The van der Waals surface area contributed by atoms with E-state index in [9.17, 15) is 0 Å². The number of aromatic nitrogens is 2. The number of hydrogen-bond acceptors (Lipinski definition) is 3. The number of aryl methyl sites for hydroxylation is 1. The van der Waals surface area contributed by atoms with Crippen molar-refractivity contribution in [2.45, 2.75) is 51.4 Å². The molecule has 2 atom stereocenters. The van der Waals surface area contributed by atoms with Gasteiger partial charge in [-0.05, 0) is 38.3 Å². The van der Waals surface area contributed by atoms with Crippen LogP contribution in [0.25, 0.3) is 11.0 Å². The predicted octanol–water partition coefficient (Wildman–Crippen LogP) is 2.71. The lowest BCUT2D eigenvalue weighted by Gasteiger charge is -2.13. The van der Waals surface area contributed by atoms with Crippen LogP contribution in [-0.4, -0.2) is 28.8 Å². The molecular formula is C16H23N3O. The van der Waals surface area contributed by atoms with E-state index >= 15 is 0 Å². The SMILES string of the molecule is CCn1c(CNC2CCC(OC)C2)nc2ccccc21. The number of hydrogen-bond donors (Lipinski definition) is 1. The van der Waals surface area contributed by atoms with Crippen molar-refractivity contribution < 1.29 is 4.74 Å². The van der Waals surface area contributed by atoms with Crippen LogP contribution in [0.15, 0.2) is 24.3 Å². The highest BCUT2D eigenvalue weighted by atomic mass is 16.5. The van der Waals surface area contributed by atoms with Crippen molar-refractivity contribution in [2.75, 3.05) is 7.11 Å². The largest absolute Gasteiger partial charge is 0.381 e. The van der Waals surface area contributed by atoms with Gasteiger partial charge in [0.2, 0.25) is 0 Å². The molecular weight excluding hydrogens is 250 g/mol. The van der Waals surface area contributed by atoms with Gasteiger partial charge in [-0.25, -0.2) is 4.98 Å². The van der Waals surface area contributed by atoms with Gasteiger partial charge in [0.15, 0.2) is 0 Å². The third-order valence-corrected chi connectivity index (χ3v) is 4.32. The highest BCUT2D eigenvalue weighted by molar-refractivity contribution is 5.75. The molecule has 0 aliphatic heterocycles. The Balaban J connectivity index is 1.71. The van der Waals surface area contributed by atoms with Crippen LogP contribution in [0.2, 0.25) is 0 Å². The Hall–Kier alpha value is -1.39. The molecule has 2 aromatic rings. The average molecular weight is 273 g/mol. The molecule has 1 aliphatic rings. The summed E-state index contributed by atoms with van der Waals surface area (Å²) >= 11 is 0. The van der Waals surface area contributed by atoms with Crippen molar-refractivity contribution in [1.29, 1.82) is 0 Å². The maximum Gasteiger partial charge on any atom is 0.123 e. The summed E-state index contributed by atoms with van der Waals surface area (Å²) in [7, 11) is 1.81. The summed E-state index contributed by atoms with van der Waals surface area (Å²) in [6, 6.07) is 8.92. The van der Waals surface area contributed by atoms with Crippen LogP contribution in [0, 0.1) is 0 Å². The summed E-state index contributed by atoms with van der Waals surface area (Å²) in [5.41, 5.74) is 2.32. The second kappa shape index (κ2) is 5.94. The third-order valence-electron chi connectivity index (χ3n) is 4.32. The molecule has 20 heavy (non-hydrogen) atoms. The lowest BCUT2D eigenvalue weighted by molar-refractivity contribution is 0.107. The number of para-hydroxylation sites is 2. The fourth-order valence-electron chi connectivity index (χ4n) is 3.19. The summed E-state index contributed by atoms with van der Waals surface area (Å²) in [4.78, 5) is 4.75. The molecule has 1 aliphatic carbocycles. The molecule has 0 bridgehead atoms. The van der Waals surface area contributed by atoms with Gasteiger partial charge in [0.25, 0.3) is 0 Å². The highest BCUT2D eigenvalue weighted by Crippen LogP contribution is 2.22. The van der Waals surface area contributed by atoms with E-state index in [4.69, 9.17) is 9.72 Å². The summed E-state index contributed by atoms with van der Waals surface area (Å²) in [6.45, 7) is 3.97. The molecule has 1 N–H and O–H groups in total. The van der Waals surface area contributed by atoms with E-state index in [1.54, 1.807) is 0 Å². The first kappa shape index (κ1) is 13.6. The molecule has 1 heterocycles. The van der Waals surface area contributed by atoms with E-state index in [1.807, 2.05) is 13.2 Å². The number of benzene rings is 1. The Morgan fingerprint density at radius 3 is 2.95 bits per heavy atom. The number of imidazole rings is 1. The van der Waals surface area contributed by atoms with Crippen LogP contribution in [0.3, 0.4) is 0 Å². The van der Waals surface area contributed by atoms with Gasteiger partial charge in [0, 0.05) is 19.7 Å². The number of rotatable bonds is 5. The average Bonchev–Trinajstić information content (AvgIpc) is 3.08. The minimum absolute atomic E-state index is 0.428. The van der Waals surface area contributed by atoms with E-state index in [-0.39, 0.29) is 0 Å². The first-order chi connectivity index (χ1) is 9.81. The van der Waals surface area contributed by atoms with Gasteiger partial charge in [-0.15, -0.1) is 0 Å². The number of nitrogens with zero attached hydrogens (tertiary/aromatic N) is 2. The van der Waals surface area contributed by atoms with Gasteiger partial charge >= 0.3 is 0 Å². The number of ether oxygens (including phenoxy) is 1. The summed E-state index contributed by atoms with van der Waals surface area (Å²) in [5.74, 6) is 1.13. The lowest BCUT2D eigenvalue weighted by Crippen LogP contribution is -2.28. The first-order valence-electron chi connectivity index (χ1n) is 7.52. The zero-order chi connectivity index (χ0) is 13.9. The third kappa shape index (κ3) is 2.58. The van der Waals surface area contributed by atoms with Crippen LogP contribution >= 0.6 is 0 Å². The van der Waals surface area contributed by atoms with Gasteiger partial charge in [-0.3, -0.25) is 0 Å². The molecule has 0 amide bonds. The molecule has 4 nitrogen and oxygen atoms in total. The molecule has 4 heteroatoms.